The van der Waals surface area contributed by atoms with E-state index in [0.29, 0.717) is 12.7 Å². The normalized spacial score (nSPS) is 27.5. The van der Waals surface area contributed by atoms with Crippen molar-refractivity contribution in [3.05, 3.63) is 23.4 Å². The van der Waals surface area contributed by atoms with Crippen LogP contribution in [0.4, 0.5) is 0 Å². The lowest BCUT2D eigenvalue weighted by atomic mass is 9.88. The monoisotopic (exact) mass is 162 g/mol. The zero-order chi connectivity index (χ0) is 8.39. The molecule has 1 heterocycles. The Morgan fingerprint density at radius 1 is 1.50 bits per heavy atom. The van der Waals surface area contributed by atoms with Crippen LogP contribution >= 0.6 is 0 Å². The Hall–Kier alpha value is -0.695. The molecular formula is C9H11BO2. The van der Waals surface area contributed by atoms with Gasteiger partial charge in [0.05, 0.1) is 12.4 Å². The van der Waals surface area contributed by atoms with Gasteiger partial charge in [-0.3, -0.25) is 0 Å². The average molecular weight is 162 g/mol. The molecule has 1 aliphatic carbocycles. The maximum absolute atomic E-state index is 5.60. The Kier molecular flexibility index (Phi) is 2.22. The largest absolute Gasteiger partial charge is 0.495 e. The van der Waals surface area contributed by atoms with Crippen LogP contribution in [0.2, 0.25) is 0 Å². The van der Waals surface area contributed by atoms with Gasteiger partial charge in [0.1, 0.15) is 20.6 Å². The Morgan fingerprint density at radius 3 is 2.92 bits per heavy atom. The summed E-state index contributed by atoms with van der Waals surface area (Å²) in [6, 6.07) is 0. The first-order chi connectivity index (χ1) is 5.84. The lowest BCUT2D eigenvalue weighted by Crippen LogP contribution is -2.03. The minimum absolute atomic E-state index is 0.342. The van der Waals surface area contributed by atoms with E-state index < -0.39 is 0 Å². The van der Waals surface area contributed by atoms with Crippen LogP contribution in [0.3, 0.4) is 0 Å². The third kappa shape index (κ3) is 2.14. The minimum atomic E-state index is 0.342. The molecule has 0 aromatic rings. The smallest absolute Gasteiger partial charge is 0.116 e. The molecule has 2 radical (unpaired) electrons. The second-order valence-electron chi connectivity index (χ2n) is 3.14. The summed E-state index contributed by atoms with van der Waals surface area (Å²) in [6.45, 7) is 1.55. The van der Waals surface area contributed by atoms with Crippen molar-refractivity contribution in [3.63, 3.8) is 0 Å². The second-order valence-corrected chi connectivity index (χ2v) is 3.14. The van der Waals surface area contributed by atoms with Crippen LogP contribution < -0.4 is 0 Å². The van der Waals surface area contributed by atoms with Crippen LogP contribution in [0.15, 0.2) is 23.4 Å². The number of hydrogen-bond acceptors (Lipinski definition) is 2. The molecule has 2 aliphatic rings. The van der Waals surface area contributed by atoms with E-state index in [9.17, 15) is 0 Å². The number of epoxide rings is 1. The molecule has 0 spiro atoms. The molecule has 1 atom stereocenters. The molecule has 0 saturated carbocycles. The molecular weight excluding hydrogens is 151 g/mol. The minimum Gasteiger partial charge on any atom is -0.495 e. The summed E-state index contributed by atoms with van der Waals surface area (Å²) >= 11 is 0. The van der Waals surface area contributed by atoms with Crippen molar-refractivity contribution in [2.45, 2.75) is 18.9 Å². The zero-order valence-electron chi connectivity index (χ0n) is 6.95. The standard InChI is InChI=1S/C9H11BO2/c10-7-1-3-8(4-2-7)11-5-9-6-12-9/h1,3,9H,2,4-6H2. The molecule has 1 unspecified atom stereocenters. The first-order valence-corrected chi connectivity index (χ1v) is 4.24. The highest BCUT2D eigenvalue weighted by molar-refractivity contribution is 6.21. The van der Waals surface area contributed by atoms with Crippen molar-refractivity contribution < 1.29 is 9.47 Å². The van der Waals surface area contributed by atoms with Gasteiger partial charge in [-0.1, -0.05) is 6.08 Å². The Bertz CT molecular complexity index is 229. The van der Waals surface area contributed by atoms with Gasteiger partial charge in [-0.25, -0.2) is 0 Å². The molecule has 3 heteroatoms. The van der Waals surface area contributed by atoms with Gasteiger partial charge in [-0.05, 0) is 12.5 Å². The molecule has 0 bridgehead atoms. The molecule has 1 aliphatic heterocycles. The number of hydrogen-bond donors (Lipinski definition) is 0. The molecule has 1 saturated heterocycles. The number of allylic oxidation sites excluding steroid dienone is 4. The predicted molar refractivity (Wildman–Crippen MR) is 46.8 cm³/mol. The lowest BCUT2D eigenvalue weighted by molar-refractivity contribution is 0.175. The molecule has 12 heavy (non-hydrogen) atoms. The molecule has 0 aromatic carbocycles. The highest BCUT2D eigenvalue weighted by Crippen LogP contribution is 2.19. The highest BCUT2D eigenvalue weighted by atomic mass is 16.6. The SMILES string of the molecule is [B]C1=CC=C(OCC2CO2)CC1. The highest BCUT2D eigenvalue weighted by Gasteiger charge is 2.23. The van der Waals surface area contributed by atoms with Gasteiger partial charge in [0.15, 0.2) is 0 Å². The Balaban J connectivity index is 1.79. The maximum Gasteiger partial charge on any atom is 0.116 e. The van der Waals surface area contributed by atoms with Gasteiger partial charge in [0.25, 0.3) is 0 Å². The van der Waals surface area contributed by atoms with E-state index in [0.717, 1.165) is 30.7 Å². The second kappa shape index (κ2) is 3.36. The molecule has 0 N–H and O–H groups in total. The molecule has 2 nitrogen and oxygen atoms in total. The molecule has 0 amide bonds. The molecule has 62 valence electrons. The fourth-order valence-electron chi connectivity index (χ4n) is 1.12. The third-order valence-corrected chi connectivity index (χ3v) is 2.00. The topological polar surface area (TPSA) is 21.8 Å². The van der Waals surface area contributed by atoms with Gasteiger partial charge in [0, 0.05) is 6.42 Å². The summed E-state index contributed by atoms with van der Waals surface area (Å²) in [7, 11) is 5.60. The summed E-state index contributed by atoms with van der Waals surface area (Å²) in [5.41, 5.74) is 0.935. The molecule has 2 rings (SSSR count). The predicted octanol–water partition coefficient (Wildman–Crippen LogP) is 1.13. The van der Waals surface area contributed by atoms with Gasteiger partial charge in [-0.2, -0.15) is 0 Å². The maximum atomic E-state index is 5.60. The fourth-order valence-corrected chi connectivity index (χ4v) is 1.12. The van der Waals surface area contributed by atoms with Gasteiger partial charge >= 0.3 is 0 Å². The number of rotatable bonds is 3. The van der Waals surface area contributed by atoms with E-state index in [1.54, 1.807) is 0 Å². The average Bonchev–Trinajstić information content (AvgIpc) is 2.87. The Labute approximate surface area is 73.6 Å². The van der Waals surface area contributed by atoms with Crippen molar-refractivity contribution in [1.82, 2.24) is 0 Å². The van der Waals surface area contributed by atoms with E-state index in [1.165, 1.54) is 0 Å². The van der Waals surface area contributed by atoms with Crippen LogP contribution in [-0.2, 0) is 9.47 Å². The van der Waals surface area contributed by atoms with Gasteiger partial charge in [0.2, 0.25) is 0 Å². The van der Waals surface area contributed by atoms with Gasteiger partial charge < -0.3 is 9.47 Å². The third-order valence-electron chi connectivity index (χ3n) is 2.00. The summed E-state index contributed by atoms with van der Waals surface area (Å²) in [5.74, 6) is 1.03. The summed E-state index contributed by atoms with van der Waals surface area (Å²) in [5, 5.41) is 0. The van der Waals surface area contributed by atoms with E-state index in [4.69, 9.17) is 17.3 Å². The lowest BCUT2D eigenvalue weighted by Gasteiger charge is -2.12. The van der Waals surface area contributed by atoms with E-state index in [1.807, 2.05) is 12.2 Å². The summed E-state index contributed by atoms with van der Waals surface area (Å²) in [6.07, 6.45) is 6.04. The van der Waals surface area contributed by atoms with Crippen molar-refractivity contribution in [1.29, 1.82) is 0 Å². The van der Waals surface area contributed by atoms with E-state index in [2.05, 4.69) is 0 Å². The van der Waals surface area contributed by atoms with E-state index in [-0.39, 0.29) is 0 Å². The molecule has 1 fully saturated rings. The number of ether oxygens (including phenoxy) is 2. The van der Waals surface area contributed by atoms with Crippen LogP contribution in [0.5, 0.6) is 0 Å². The summed E-state index contributed by atoms with van der Waals surface area (Å²) in [4.78, 5) is 0. The molecule has 0 aromatic heterocycles. The first-order valence-electron chi connectivity index (χ1n) is 4.24. The quantitative estimate of drug-likeness (QED) is 0.458. The van der Waals surface area contributed by atoms with E-state index >= 15 is 0 Å². The first kappa shape index (κ1) is 7.93. The van der Waals surface area contributed by atoms with Crippen molar-refractivity contribution in [3.8, 4) is 0 Å². The summed E-state index contributed by atoms with van der Waals surface area (Å²) < 4.78 is 10.5. The van der Waals surface area contributed by atoms with Crippen molar-refractivity contribution >= 4 is 7.85 Å². The van der Waals surface area contributed by atoms with Gasteiger partial charge in [-0.15, -0.1) is 5.47 Å². The van der Waals surface area contributed by atoms with Crippen LogP contribution in [0.1, 0.15) is 12.8 Å². The van der Waals surface area contributed by atoms with Crippen molar-refractivity contribution in [2.75, 3.05) is 13.2 Å². The fraction of sp³-hybridized carbons (Fsp3) is 0.556. The van der Waals surface area contributed by atoms with Crippen LogP contribution in [0.25, 0.3) is 0 Å². The van der Waals surface area contributed by atoms with Crippen molar-refractivity contribution in [2.24, 2.45) is 0 Å². The Morgan fingerprint density at radius 2 is 2.33 bits per heavy atom. The zero-order valence-corrected chi connectivity index (χ0v) is 6.95. The van der Waals surface area contributed by atoms with Crippen LogP contribution in [0, 0.1) is 0 Å². The van der Waals surface area contributed by atoms with Crippen LogP contribution in [-0.4, -0.2) is 27.2 Å².